The first-order valence-corrected chi connectivity index (χ1v) is 9.06. The number of hydrogen-bond acceptors (Lipinski definition) is 4. The fraction of sp³-hybridized carbons (Fsp3) is 0.429. The third-order valence-electron chi connectivity index (χ3n) is 4.22. The maximum atomic E-state index is 12.0. The molecule has 2 aromatic rings. The molecule has 1 aliphatic rings. The quantitative estimate of drug-likeness (QED) is 0.894. The summed E-state index contributed by atoms with van der Waals surface area (Å²) in [7, 11) is 0. The number of benzene rings is 1. The highest BCUT2D eigenvalue weighted by Crippen LogP contribution is 2.33. The van der Waals surface area contributed by atoms with Crippen LogP contribution in [0.1, 0.15) is 44.4 Å². The van der Waals surface area contributed by atoms with Gasteiger partial charge in [-0.3, -0.25) is 4.98 Å². The van der Waals surface area contributed by atoms with Crippen molar-refractivity contribution in [3.63, 3.8) is 0 Å². The van der Waals surface area contributed by atoms with Crippen LogP contribution in [0.4, 0.5) is 4.79 Å². The largest absolute Gasteiger partial charge is 0.444 e. The lowest BCUT2D eigenvalue weighted by Gasteiger charge is -2.23. The van der Waals surface area contributed by atoms with Crippen LogP contribution in [0.5, 0.6) is 0 Å². The number of nitrogens with one attached hydrogen (secondary N) is 1. The van der Waals surface area contributed by atoms with E-state index in [2.05, 4.69) is 22.4 Å². The Balaban J connectivity index is 1.82. The second-order valence-corrected chi connectivity index (χ2v) is 7.43. The van der Waals surface area contributed by atoms with Crippen molar-refractivity contribution in [3.8, 4) is 11.3 Å². The minimum Gasteiger partial charge on any atom is -0.444 e. The minimum atomic E-state index is -0.515. The Morgan fingerprint density at radius 3 is 2.85 bits per heavy atom. The molecule has 0 radical (unpaired) electrons. The van der Waals surface area contributed by atoms with E-state index in [0.717, 1.165) is 29.7 Å². The molecule has 2 heterocycles. The maximum absolute atomic E-state index is 12.0. The van der Waals surface area contributed by atoms with Crippen LogP contribution < -0.4 is 5.32 Å². The van der Waals surface area contributed by atoms with Crippen molar-refractivity contribution in [2.75, 3.05) is 13.2 Å². The Labute approximate surface area is 154 Å². The van der Waals surface area contributed by atoms with Crippen LogP contribution in [0, 0.1) is 0 Å². The summed E-state index contributed by atoms with van der Waals surface area (Å²) < 4.78 is 11.3. The molecule has 138 valence electrons. The van der Waals surface area contributed by atoms with Crippen molar-refractivity contribution < 1.29 is 14.3 Å². The Morgan fingerprint density at radius 2 is 2.12 bits per heavy atom. The molecule has 1 atom stereocenters. The number of amides is 1. The van der Waals surface area contributed by atoms with E-state index in [1.165, 1.54) is 5.56 Å². The number of carbonyl (C=O) groups excluding carboxylic acids is 1. The van der Waals surface area contributed by atoms with E-state index in [1.807, 2.05) is 51.2 Å². The molecule has 1 N–H and O–H groups in total. The first-order chi connectivity index (χ1) is 12.4. The van der Waals surface area contributed by atoms with E-state index in [0.29, 0.717) is 13.2 Å². The second-order valence-electron chi connectivity index (χ2n) is 7.43. The predicted molar refractivity (Wildman–Crippen MR) is 101 cm³/mol. The van der Waals surface area contributed by atoms with E-state index in [-0.39, 0.29) is 6.10 Å². The van der Waals surface area contributed by atoms with E-state index < -0.39 is 11.7 Å². The number of carbonyl (C=O) groups is 1. The molecule has 0 fully saturated rings. The summed E-state index contributed by atoms with van der Waals surface area (Å²) in [4.78, 5) is 16.5. The van der Waals surface area contributed by atoms with Crippen LogP contribution >= 0.6 is 0 Å². The Bertz CT molecular complexity index is 754. The van der Waals surface area contributed by atoms with Crippen molar-refractivity contribution in [1.82, 2.24) is 10.3 Å². The smallest absolute Gasteiger partial charge is 0.407 e. The van der Waals surface area contributed by atoms with Gasteiger partial charge in [0.25, 0.3) is 0 Å². The number of rotatable bonds is 3. The highest BCUT2D eigenvalue weighted by Gasteiger charge is 2.24. The summed E-state index contributed by atoms with van der Waals surface area (Å²) in [5.74, 6) is 0. The molecule has 26 heavy (non-hydrogen) atoms. The third kappa shape index (κ3) is 4.61. The van der Waals surface area contributed by atoms with Gasteiger partial charge in [0, 0.05) is 18.4 Å². The molecule has 3 rings (SSSR count). The molecule has 0 bridgehead atoms. The Kier molecular flexibility index (Phi) is 5.57. The van der Waals surface area contributed by atoms with Crippen molar-refractivity contribution >= 4 is 6.09 Å². The molecule has 1 aromatic carbocycles. The van der Waals surface area contributed by atoms with Gasteiger partial charge < -0.3 is 14.8 Å². The lowest BCUT2D eigenvalue weighted by Crippen LogP contribution is -2.35. The van der Waals surface area contributed by atoms with Crippen LogP contribution in [-0.4, -0.2) is 29.8 Å². The molecule has 1 amide bonds. The van der Waals surface area contributed by atoms with Crippen LogP contribution in [0.15, 0.2) is 42.6 Å². The predicted octanol–water partition coefficient (Wildman–Crippen LogP) is 4.28. The van der Waals surface area contributed by atoms with Crippen molar-refractivity contribution in [3.05, 3.63) is 53.7 Å². The lowest BCUT2D eigenvalue weighted by atomic mass is 9.92. The standard InChI is InChI=1S/C21H26N2O3/c1-21(2,3)26-20(24)23-14-19-17-9-6-8-16(15(17)10-7-13-25-19)18-11-4-5-12-22-18/h4-6,8-9,11-12,19H,7,10,13-14H2,1-3H3,(H,23,24)/t19-/m0/s1. The Hall–Kier alpha value is -2.40. The van der Waals surface area contributed by atoms with Crippen LogP contribution in [0.2, 0.25) is 0 Å². The van der Waals surface area contributed by atoms with Crippen LogP contribution in [0.3, 0.4) is 0 Å². The number of ether oxygens (including phenoxy) is 2. The fourth-order valence-corrected chi connectivity index (χ4v) is 3.17. The molecule has 0 spiro atoms. The average Bonchev–Trinajstić information content (AvgIpc) is 2.81. The summed E-state index contributed by atoms with van der Waals surface area (Å²) >= 11 is 0. The zero-order valence-electron chi connectivity index (χ0n) is 15.6. The van der Waals surface area contributed by atoms with Gasteiger partial charge in [-0.05, 0) is 56.9 Å². The first kappa shape index (κ1) is 18.4. The summed E-state index contributed by atoms with van der Waals surface area (Å²) in [5, 5.41) is 2.84. The number of pyridine rings is 1. The van der Waals surface area contributed by atoms with E-state index in [4.69, 9.17) is 9.47 Å². The number of nitrogens with zero attached hydrogens (tertiary/aromatic N) is 1. The van der Waals surface area contributed by atoms with Gasteiger partial charge in [0.05, 0.1) is 12.2 Å². The summed E-state index contributed by atoms with van der Waals surface area (Å²) in [6, 6.07) is 12.1. The van der Waals surface area contributed by atoms with Gasteiger partial charge in [-0.25, -0.2) is 4.79 Å². The van der Waals surface area contributed by atoms with Crippen LogP contribution in [-0.2, 0) is 15.9 Å². The summed E-state index contributed by atoms with van der Waals surface area (Å²) in [6.07, 6.45) is 3.07. The van der Waals surface area contributed by atoms with E-state index in [9.17, 15) is 4.79 Å². The van der Waals surface area contributed by atoms with Gasteiger partial charge in [-0.1, -0.05) is 24.3 Å². The van der Waals surface area contributed by atoms with Gasteiger partial charge in [-0.15, -0.1) is 0 Å². The van der Waals surface area contributed by atoms with Crippen molar-refractivity contribution in [2.45, 2.75) is 45.3 Å². The molecule has 0 aliphatic carbocycles. The summed E-state index contributed by atoms with van der Waals surface area (Å²) in [5.41, 5.74) is 3.95. The zero-order chi connectivity index (χ0) is 18.6. The molecular weight excluding hydrogens is 328 g/mol. The second kappa shape index (κ2) is 7.87. The van der Waals surface area contributed by atoms with Gasteiger partial charge in [-0.2, -0.15) is 0 Å². The van der Waals surface area contributed by atoms with Crippen molar-refractivity contribution in [2.24, 2.45) is 0 Å². The molecular formula is C21H26N2O3. The molecule has 1 aliphatic heterocycles. The zero-order valence-corrected chi connectivity index (χ0v) is 15.6. The van der Waals surface area contributed by atoms with Gasteiger partial charge in [0.1, 0.15) is 11.7 Å². The van der Waals surface area contributed by atoms with Gasteiger partial charge >= 0.3 is 6.09 Å². The molecule has 1 aromatic heterocycles. The topological polar surface area (TPSA) is 60.5 Å². The normalized spacial score (nSPS) is 17.1. The number of hydrogen-bond donors (Lipinski definition) is 1. The number of aromatic nitrogens is 1. The van der Waals surface area contributed by atoms with E-state index >= 15 is 0 Å². The van der Waals surface area contributed by atoms with Crippen molar-refractivity contribution in [1.29, 1.82) is 0 Å². The SMILES string of the molecule is CC(C)(C)OC(=O)NC[C@@H]1OCCCc2c(-c3ccccn3)cccc21. The highest BCUT2D eigenvalue weighted by atomic mass is 16.6. The lowest BCUT2D eigenvalue weighted by molar-refractivity contribution is 0.0359. The molecule has 0 unspecified atom stereocenters. The monoisotopic (exact) mass is 354 g/mol. The minimum absolute atomic E-state index is 0.191. The Morgan fingerprint density at radius 1 is 1.27 bits per heavy atom. The maximum Gasteiger partial charge on any atom is 0.407 e. The van der Waals surface area contributed by atoms with Gasteiger partial charge in [0.15, 0.2) is 0 Å². The highest BCUT2D eigenvalue weighted by molar-refractivity contribution is 5.68. The van der Waals surface area contributed by atoms with E-state index in [1.54, 1.807) is 0 Å². The van der Waals surface area contributed by atoms with Crippen LogP contribution in [0.25, 0.3) is 11.3 Å². The third-order valence-corrected chi connectivity index (χ3v) is 4.22. The molecule has 0 saturated heterocycles. The van der Waals surface area contributed by atoms with Gasteiger partial charge in [0.2, 0.25) is 0 Å². The molecule has 5 heteroatoms. The summed E-state index contributed by atoms with van der Waals surface area (Å²) in [6.45, 7) is 6.60. The number of alkyl carbamates (subject to hydrolysis) is 1. The first-order valence-electron chi connectivity index (χ1n) is 9.06. The average molecular weight is 354 g/mol. The fourth-order valence-electron chi connectivity index (χ4n) is 3.17. The molecule has 5 nitrogen and oxygen atoms in total. The molecule has 0 saturated carbocycles. The number of fused-ring (bicyclic) bond motifs is 1.